The molecule has 0 radical (unpaired) electrons. The van der Waals surface area contributed by atoms with E-state index in [1.165, 1.54) is 12.1 Å². The zero-order valence-corrected chi connectivity index (χ0v) is 17.8. The number of carbonyl (C=O) groups excluding carboxylic acids is 2. The highest BCUT2D eigenvalue weighted by Gasteiger charge is 2.18. The average molecular weight is 461 g/mol. The summed E-state index contributed by atoms with van der Waals surface area (Å²) in [6, 6.07) is 11.5. The van der Waals surface area contributed by atoms with E-state index in [0.29, 0.717) is 4.47 Å². The quantitative estimate of drug-likeness (QED) is 0.560. The predicted molar refractivity (Wildman–Crippen MR) is 113 cm³/mol. The summed E-state index contributed by atoms with van der Waals surface area (Å²) < 4.78 is 15.9. The molecule has 0 saturated carbocycles. The van der Waals surface area contributed by atoms with Crippen LogP contribution < -0.4 is 10.6 Å². The number of benzene rings is 2. The highest BCUT2D eigenvalue weighted by molar-refractivity contribution is 9.10. The Kier molecular flexibility index (Phi) is 6.64. The average Bonchev–Trinajstić information content (AvgIpc) is 3.08. The molecule has 0 aliphatic heterocycles. The van der Waals surface area contributed by atoms with Crippen LogP contribution in [0.25, 0.3) is 11.0 Å². The van der Waals surface area contributed by atoms with Gasteiger partial charge in [-0.1, -0.05) is 12.1 Å². The van der Waals surface area contributed by atoms with Crippen molar-refractivity contribution in [1.82, 2.24) is 20.2 Å². The number of nitrogens with one attached hydrogen (secondary N) is 2. The largest absolute Gasteiger partial charge is 0.351 e. The molecule has 1 atom stereocenters. The minimum atomic E-state index is -0.497. The number of rotatable bonds is 7. The van der Waals surface area contributed by atoms with E-state index in [9.17, 15) is 14.0 Å². The molecular formula is C21H22BrFN4O2. The van der Waals surface area contributed by atoms with E-state index in [1.807, 2.05) is 38.1 Å². The molecule has 0 aliphatic rings. The van der Waals surface area contributed by atoms with Gasteiger partial charge in [-0.2, -0.15) is 0 Å². The van der Waals surface area contributed by atoms with Crippen molar-refractivity contribution in [3.05, 3.63) is 64.1 Å². The number of fused-ring (bicyclic) bond motifs is 1. The second-order valence-electron chi connectivity index (χ2n) is 6.62. The molecule has 3 aromatic rings. The minimum absolute atomic E-state index is 0.107. The highest BCUT2D eigenvalue weighted by Crippen LogP contribution is 2.21. The number of imidazole rings is 1. The summed E-state index contributed by atoms with van der Waals surface area (Å²) in [5.74, 6) is -0.352. The summed E-state index contributed by atoms with van der Waals surface area (Å²) in [5, 5.41) is 5.56. The third kappa shape index (κ3) is 4.82. The highest BCUT2D eigenvalue weighted by atomic mass is 79.9. The van der Waals surface area contributed by atoms with Crippen molar-refractivity contribution in [2.75, 3.05) is 6.54 Å². The molecule has 0 spiro atoms. The lowest BCUT2D eigenvalue weighted by molar-refractivity contribution is -0.121. The number of para-hydroxylation sites is 2. The van der Waals surface area contributed by atoms with Crippen LogP contribution in [0.1, 0.15) is 42.5 Å². The number of hydrogen-bond acceptors (Lipinski definition) is 3. The summed E-state index contributed by atoms with van der Waals surface area (Å²) in [4.78, 5) is 29.1. The molecule has 29 heavy (non-hydrogen) atoms. The lowest BCUT2D eigenvalue weighted by Crippen LogP contribution is -2.33. The molecule has 0 fully saturated rings. The van der Waals surface area contributed by atoms with Gasteiger partial charge in [-0.05, 0) is 60.1 Å². The van der Waals surface area contributed by atoms with Gasteiger partial charge >= 0.3 is 0 Å². The molecule has 3 rings (SSSR count). The standard InChI is InChI=1S/C21H22BrFN4O2/c1-3-27-18-7-5-4-6-17(18)26-20(27)13(2)25-19(28)10-11-24-21(29)15-12-14(23)8-9-16(15)22/h4-9,12-13H,3,10-11H2,1-2H3,(H,24,29)(H,25,28). The fraction of sp³-hybridized carbons (Fsp3) is 0.286. The van der Waals surface area contributed by atoms with E-state index in [4.69, 9.17) is 0 Å². The van der Waals surface area contributed by atoms with Crippen molar-refractivity contribution in [2.45, 2.75) is 32.9 Å². The van der Waals surface area contributed by atoms with Crippen LogP contribution >= 0.6 is 15.9 Å². The van der Waals surface area contributed by atoms with E-state index in [1.54, 1.807) is 0 Å². The number of aryl methyl sites for hydroxylation is 1. The zero-order chi connectivity index (χ0) is 21.0. The molecule has 8 heteroatoms. The van der Waals surface area contributed by atoms with Crippen molar-refractivity contribution in [2.24, 2.45) is 0 Å². The van der Waals surface area contributed by atoms with Crippen molar-refractivity contribution in [3.63, 3.8) is 0 Å². The monoisotopic (exact) mass is 460 g/mol. The van der Waals surface area contributed by atoms with Gasteiger partial charge in [-0.25, -0.2) is 9.37 Å². The molecule has 0 aliphatic carbocycles. The van der Waals surface area contributed by atoms with Crippen LogP contribution in [0.5, 0.6) is 0 Å². The van der Waals surface area contributed by atoms with Crippen LogP contribution in [0.2, 0.25) is 0 Å². The van der Waals surface area contributed by atoms with Gasteiger partial charge in [0.2, 0.25) is 5.91 Å². The number of amides is 2. The molecule has 1 heterocycles. The summed E-state index contributed by atoms with van der Waals surface area (Å²) in [6.07, 6.45) is 0.107. The molecule has 0 bridgehead atoms. The van der Waals surface area contributed by atoms with Gasteiger partial charge in [-0.15, -0.1) is 0 Å². The van der Waals surface area contributed by atoms with Crippen LogP contribution in [-0.2, 0) is 11.3 Å². The van der Waals surface area contributed by atoms with Crippen LogP contribution in [-0.4, -0.2) is 27.9 Å². The van der Waals surface area contributed by atoms with Gasteiger partial charge < -0.3 is 15.2 Å². The first-order valence-corrected chi connectivity index (χ1v) is 10.2. The molecule has 6 nitrogen and oxygen atoms in total. The molecule has 152 valence electrons. The Balaban J connectivity index is 1.57. The second kappa shape index (κ2) is 9.17. The predicted octanol–water partition coefficient (Wildman–Crippen LogP) is 3.96. The van der Waals surface area contributed by atoms with Crippen molar-refractivity contribution in [1.29, 1.82) is 0 Å². The minimum Gasteiger partial charge on any atom is -0.351 e. The summed E-state index contributed by atoms with van der Waals surface area (Å²) in [6.45, 7) is 4.80. The normalized spacial score (nSPS) is 12.0. The Labute approximate surface area is 176 Å². The third-order valence-electron chi connectivity index (χ3n) is 4.58. The van der Waals surface area contributed by atoms with E-state index in [0.717, 1.165) is 29.5 Å². The van der Waals surface area contributed by atoms with Gasteiger partial charge in [0.05, 0.1) is 22.6 Å². The van der Waals surface area contributed by atoms with Gasteiger partial charge in [0.25, 0.3) is 5.91 Å². The Morgan fingerprint density at radius 2 is 2.00 bits per heavy atom. The van der Waals surface area contributed by atoms with Gasteiger partial charge in [0.15, 0.2) is 0 Å². The Bertz CT molecular complexity index is 1050. The van der Waals surface area contributed by atoms with Crippen LogP contribution in [0, 0.1) is 5.82 Å². The van der Waals surface area contributed by atoms with Gasteiger partial charge in [0.1, 0.15) is 11.6 Å². The molecule has 1 aromatic heterocycles. The first kappa shape index (κ1) is 21.0. The van der Waals surface area contributed by atoms with Crippen LogP contribution in [0.4, 0.5) is 4.39 Å². The van der Waals surface area contributed by atoms with E-state index in [-0.39, 0.29) is 30.5 Å². The SMILES string of the molecule is CCn1c(C(C)NC(=O)CCNC(=O)c2cc(F)ccc2Br)nc2ccccc21. The fourth-order valence-corrected chi connectivity index (χ4v) is 3.62. The summed E-state index contributed by atoms with van der Waals surface area (Å²) in [7, 11) is 0. The fourth-order valence-electron chi connectivity index (χ4n) is 3.19. The number of hydrogen-bond donors (Lipinski definition) is 2. The second-order valence-corrected chi connectivity index (χ2v) is 7.48. The van der Waals surface area contributed by atoms with Crippen LogP contribution in [0.15, 0.2) is 46.9 Å². The van der Waals surface area contributed by atoms with Crippen molar-refractivity contribution in [3.8, 4) is 0 Å². The number of halogens is 2. The Morgan fingerprint density at radius 1 is 1.24 bits per heavy atom. The Morgan fingerprint density at radius 3 is 2.76 bits per heavy atom. The zero-order valence-electron chi connectivity index (χ0n) is 16.2. The third-order valence-corrected chi connectivity index (χ3v) is 5.27. The first-order chi connectivity index (χ1) is 13.9. The van der Waals surface area contributed by atoms with Gasteiger partial charge in [0, 0.05) is 24.0 Å². The molecular weight excluding hydrogens is 439 g/mol. The van der Waals surface area contributed by atoms with Gasteiger partial charge in [-0.3, -0.25) is 9.59 Å². The lowest BCUT2D eigenvalue weighted by atomic mass is 10.2. The number of aromatic nitrogens is 2. The summed E-state index contributed by atoms with van der Waals surface area (Å²) >= 11 is 3.22. The molecule has 2 aromatic carbocycles. The number of carbonyl (C=O) groups is 2. The van der Waals surface area contributed by atoms with E-state index in [2.05, 4.69) is 36.1 Å². The molecule has 2 amide bonds. The number of nitrogens with zero attached hydrogens (tertiary/aromatic N) is 2. The molecule has 1 unspecified atom stereocenters. The molecule has 2 N–H and O–H groups in total. The summed E-state index contributed by atoms with van der Waals surface area (Å²) in [5.41, 5.74) is 2.10. The van der Waals surface area contributed by atoms with Crippen LogP contribution in [0.3, 0.4) is 0 Å². The topological polar surface area (TPSA) is 76.0 Å². The van der Waals surface area contributed by atoms with E-state index < -0.39 is 11.7 Å². The maximum absolute atomic E-state index is 13.3. The maximum atomic E-state index is 13.3. The van der Waals surface area contributed by atoms with E-state index >= 15 is 0 Å². The maximum Gasteiger partial charge on any atom is 0.252 e. The Hall–Kier alpha value is -2.74. The first-order valence-electron chi connectivity index (χ1n) is 9.38. The van der Waals surface area contributed by atoms with Crippen molar-refractivity contribution < 1.29 is 14.0 Å². The lowest BCUT2D eigenvalue weighted by Gasteiger charge is -2.15. The smallest absolute Gasteiger partial charge is 0.252 e. The van der Waals surface area contributed by atoms with Crippen molar-refractivity contribution >= 4 is 38.8 Å². The molecule has 0 saturated heterocycles.